The number of nitrogens with zero attached hydrogens (tertiary/aromatic N) is 2. The molecule has 1 atom stereocenters. The second-order valence-corrected chi connectivity index (χ2v) is 4.60. The van der Waals surface area contributed by atoms with Crippen LogP contribution in [0.25, 0.3) is 0 Å². The fourth-order valence-electron chi connectivity index (χ4n) is 2.53. The molecule has 0 radical (unpaired) electrons. The first-order chi connectivity index (χ1) is 8.69. The van der Waals surface area contributed by atoms with E-state index in [1.807, 2.05) is 13.0 Å². The third-order valence-corrected chi connectivity index (χ3v) is 3.55. The maximum absolute atomic E-state index is 11.9. The van der Waals surface area contributed by atoms with Gasteiger partial charge >= 0.3 is 0 Å². The summed E-state index contributed by atoms with van der Waals surface area (Å²) in [6, 6.07) is 1.84. The van der Waals surface area contributed by atoms with E-state index >= 15 is 0 Å². The van der Waals surface area contributed by atoms with Gasteiger partial charge in [-0.25, -0.2) is 4.98 Å². The van der Waals surface area contributed by atoms with E-state index in [0.29, 0.717) is 6.54 Å². The molecule has 0 spiro atoms. The Morgan fingerprint density at radius 1 is 1.67 bits per heavy atom. The normalized spacial score (nSPS) is 19.1. The van der Waals surface area contributed by atoms with Gasteiger partial charge in [0, 0.05) is 31.9 Å². The Hall–Kier alpha value is -1.62. The lowest BCUT2D eigenvalue weighted by atomic mass is 10.1. The van der Waals surface area contributed by atoms with Crippen LogP contribution in [-0.2, 0) is 11.3 Å². The molecule has 1 fully saturated rings. The Kier molecular flexibility index (Phi) is 3.81. The molecule has 2 rings (SSSR count). The summed E-state index contributed by atoms with van der Waals surface area (Å²) >= 11 is 0. The molecule has 5 nitrogen and oxygen atoms in total. The van der Waals surface area contributed by atoms with Crippen molar-refractivity contribution in [2.24, 2.45) is 5.73 Å². The van der Waals surface area contributed by atoms with Crippen LogP contribution >= 0.6 is 0 Å². The SMILES string of the molecule is CNC(=O)C1CCCN1c1nccc(C)c1CN. The lowest BCUT2D eigenvalue weighted by molar-refractivity contribution is -0.121. The van der Waals surface area contributed by atoms with Crippen LogP contribution in [0.4, 0.5) is 5.82 Å². The smallest absolute Gasteiger partial charge is 0.242 e. The average molecular weight is 248 g/mol. The van der Waals surface area contributed by atoms with E-state index < -0.39 is 0 Å². The van der Waals surface area contributed by atoms with E-state index in [1.165, 1.54) is 0 Å². The van der Waals surface area contributed by atoms with Crippen LogP contribution < -0.4 is 16.0 Å². The summed E-state index contributed by atoms with van der Waals surface area (Å²) in [5.74, 6) is 0.919. The second kappa shape index (κ2) is 5.35. The molecule has 1 unspecified atom stereocenters. The molecule has 1 amide bonds. The molecule has 0 aliphatic carbocycles. The van der Waals surface area contributed by atoms with Gasteiger partial charge in [0.25, 0.3) is 0 Å². The highest BCUT2D eigenvalue weighted by molar-refractivity contribution is 5.85. The summed E-state index contributed by atoms with van der Waals surface area (Å²) in [7, 11) is 1.67. The van der Waals surface area contributed by atoms with E-state index in [-0.39, 0.29) is 11.9 Å². The van der Waals surface area contributed by atoms with Gasteiger partial charge in [0.15, 0.2) is 0 Å². The highest BCUT2D eigenvalue weighted by atomic mass is 16.2. The summed E-state index contributed by atoms with van der Waals surface area (Å²) in [4.78, 5) is 18.4. The lowest BCUT2D eigenvalue weighted by Gasteiger charge is -2.26. The quantitative estimate of drug-likeness (QED) is 0.820. The van der Waals surface area contributed by atoms with Crippen molar-refractivity contribution in [1.82, 2.24) is 10.3 Å². The number of amides is 1. The molecule has 0 aromatic carbocycles. The molecule has 1 saturated heterocycles. The van der Waals surface area contributed by atoms with E-state index in [4.69, 9.17) is 5.73 Å². The van der Waals surface area contributed by atoms with Crippen molar-refractivity contribution in [3.05, 3.63) is 23.4 Å². The molecular weight excluding hydrogens is 228 g/mol. The number of carbonyl (C=O) groups excluding carboxylic acids is 1. The molecule has 98 valence electrons. The lowest BCUT2D eigenvalue weighted by Crippen LogP contribution is -2.42. The Morgan fingerprint density at radius 2 is 2.44 bits per heavy atom. The summed E-state index contributed by atoms with van der Waals surface area (Å²) in [5, 5.41) is 2.72. The first kappa shape index (κ1) is 12.8. The van der Waals surface area contributed by atoms with Crippen molar-refractivity contribution in [2.45, 2.75) is 32.4 Å². The Balaban J connectivity index is 2.36. The summed E-state index contributed by atoms with van der Waals surface area (Å²) < 4.78 is 0. The fourth-order valence-corrected chi connectivity index (χ4v) is 2.53. The molecule has 2 heterocycles. The number of nitrogens with two attached hydrogens (primary N) is 1. The topological polar surface area (TPSA) is 71.2 Å². The van der Waals surface area contributed by atoms with Gasteiger partial charge in [-0.2, -0.15) is 0 Å². The fraction of sp³-hybridized carbons (Fsp3) is 0.538. The molecule has 5 heteroatoms. The van der Waals surface area contributed by atoms with Gasteiger partial charge in [-0.05, 0) is 31.4 Å². The molecule has 18 heavy (non-hydrogen) atoms. The Bertz CT molecular complexity index is 447. The van der Waals surface area contributed by atoms with Crippen LogP contribution in [-0.4, -0.2) is 30.5 Å². The predicted molar refractivity (Wildman–Crippen MR) is 71.3 cm³/mol. The predicted octanol–water partition coefficient (Wildman–Crippen LogP) is 0.564. The summed E-state index contributed by atoms with van der Waals surface area (Å²) in [6.45, 7) is 3.34. The van der Waals surface area contributed by atoms with Crippen molar-refractivity contribution in [2.75, 3.05) is 18.5 Å². The minimum Gasteiger partial charge on any atom is -0.357 e. The molecule has 0 bridgehead atoms. The van der Waals surface area contributed by atoms with E-state index in [1.54, 1.807) is 13.2 Å². The van der Waals surface area contributed by atoms with E-state index in [9.17, 15) is 4.79 Å². The number of anilines is 1. The zero-order chi connectivity index (χ0) is 13.1. The van der Waals surface area contributed by atoms with Crippen LogP contribution in [0.2, 0.25) is 0 Å². The minimum atomic E-state index is -0.116. The molecule has 1 aliphatic heterocycles. The molecule has 1 aromatic rings. The van der Waals surface area contributed by atoms with Gasteiger partial charge < -0.3 is 16.0 Å². The average Bonchev–Trinajstić information content (AvgIpc) is 2.86. The van der Waals surface area contributed by atoms with Crippen LogP contribution in [0.1, 0.15) is 24.0 Å². The van der Waals surface area contributed by atoms with Gasteiger partial charge in [0.05, 0.1) is 0 Å². The van der Waals surface area contributed by atoms with Crippen molar-refractivity contribution < 1.29 is 4.79 Å². The van der Waals surface area contributed by atoms with E-state index in [0.717, 1.165) is 36.3 Å². The van der Waals surface area contributed by atoms with Gasteiger partial charge in [0.2, 0.25) is 5.91 Å². The number of nitrogens with one attached hydrogen (secondary N) is 1. The molecule has 3 N–H and O–H groups in total. The van der Waals surface area contributed by atoms with Crippen molar-refractivity contribution in [1.29, 1.82) is 0 Å². The zero-order valence-corrected chi connectivity index (χ0v) is 10.9. The molecule has 1 aromatic heterocycles. The first-order valence-electron chi connectivity index (χ1n) is 6.31. The molecule has 1 aliphatic rings. The second-order valence-electron chi connectivity index (χ2n) is 4.60. The van der Waals surface area contributed by atoms with Gasteiger partial charge in [-0.3, -0.25) is 4.79 Å². The standard InChI is InChI=1S/C13H20N4O/c1-9-5-6-16-12(10(9)8-14)17-7-3-4-11(17)13(18)15-2/h5-6,11H,3-4,7-8,14H2,1-2H3,(H,15,18). The highest BCUT2D eigenvalue weighted by Gasteiger charge is 2.32. The third kappa shape index (κ3) is 2.18. The number of pyridine rings is 1. The third-order valence-electron chi connectivity index (χ3n) is 3.55. The zero-order valence-electron chi connectivity index (χ0n) is 10.9. The minimum absolute atomic E-state index is 0.0544. The number of aryl methyl sites for hydroxylation is 1. The highest BCUT2D eigenvalue weighted by Crippen LogP contribution is 2.28. The van der Waals surface area contributed by atoms with Crippen LogP contribution in [0, 0.1) is 6.92 Å². The summed E-state index contributed by atoms with van der Waals surface area (Å²) in [5.41, 5.74) is 7.97. The number of rotatable bonds is 3. The van der Waals surface area contributed by atoms with E-state index in [2.05, 4.69) is 15.2 Å². The summed E-state index contributed by atoms with van der Waals surface area (Å²) in [6.07, 6.45) is 3.67. The first-order valence-corrected chi connectivity index (χ1v) is 6.31. The van der Waals surface area contributed by atoms with Crippen molar-refractivity contribution in [3.8, 4) is 0 Å². The molecular formula is C13H20N4O. The number of hydrogen-bond acceptors (Lipinski definition) is 4. The van der Waals surface area contributed by atoms with Crippen molar-refractivity contribution in [3.63, 3.8) is 0 Å². The van der Waals surface area contributed by atoms with Crippen LogP contribution in [0.5, 0.6) is 0 Å². The Labute approximate surface area is 107 Å². The van der Waals surface area contributed by atoms with Gasteiger partial charge in [-0.15, -0.1) is 0 Å². The molecule has 0 saturated carbocycles. The van der Waals surface area contributed by atoms with Gasteiger partial charge in [0.1, 0.15) is 11.9 Å². The largest absolute Gasteiger partial charge is 0.357 e. The van der Waals surface area contributed by atoms with Crippen LogP contribution in [0.3, 0.4) is 0 Å². The maximum Gasteiger partial charge on any atom is 0.242 e. The monoisotopic (exact) mass is 248 g/mol. The maximum atomic E-state index is 11.9. The number of likely N-dealkylation sites (N-methyl/N-ethyl adjacent to an activating group) is 1. The number of carbonyl (C=O) groups is 1. The Morgan fingerprint density at radius 3 is 3.11 bits per heavy atom. The van der Waals surface area contributed by atoms with Crippen molar-refractivity contribution >= 4 is 11.7 Å². The van der Waals surface area contributed by atoms with Crippen LogP contribution in [0.15, 0.2) is 12.3 Å². The number of aromatic nitrogens is 1. The van der Waals surface area contributed by atoms with Gasteiger partial charge in [-0.1, -0.05) is 0 Å². The number of hydrogen-bond donors (Lipinski definition) is 2.